The van der Waals surface area contributed by atoms with E-state index in [-0.39, 0.29) is 6.10 Å². The lowest BCUT2D eigenvalue weighted by molar-refractivity contribution is 0.0188. The largest absolute Gasteiger partial charge is 0.390 e. The quantitative estimate of drug-likeness (QED) is 0.832. The molecule has 1 N–H and O–H groups in total. The number of fused-ring (bicyclic) bond motifs is 3. The van der Waals surface area contributed by atoms with Gasteiger partial charge in [0.1, 0.15) is 6.10 Å². The lowest BCUT2D eigenvalue weighted by atomic mass is 10.0. The molecule has 0 amide bonds. The number of aromatic nitrogens is 1. The highest BCUT2D eigenvalue weighted by Gasteiger charge is 2.24. The molecule has 1 aromatic carbocycles. The minimum absolute atomic E-state index is 0.226. The van der Waals surface area contributed by atoms with E-state index in [1.54, 1.807) is 7.11 Å². The number of aliphatic hydroxyl groups is 1. The van der Waals surface area contributed by atoms with Gasteiger partial charge in [0.15, 0.2) is 0 Å². The van der Waals surface area contributed by atoms with Crippen molar-refractivity contribution < 1.29 is 9.84 Å². The van der Waals surface area contributed by atoms with Crippen molar-refractivity contribution in [3.05, 3.63) is 41.6 Å². The van der Waals surface area contributed by atoms with Gasteiger partial charge >= 0.3 is 0 Å². The summed E-state index contributed by atoms with van der Waals surface area (Å²) in [7, 11) is 3.69. The molecule has 3 rings (SSSR count). The maximum absolute atomic E-state index is 10.2. The Bertz CT molecular complexity index is 612. The molecular weight excluding hydrogens is 226 g/mol. The summed E-state index contributed by atoms with van der Waals surface area (Å²) in [6, 6.07) is 8.30. The van der Waals surface area contributed by atoms with Gasteiger partial charge in [0.05, 0.1) is 6.10 Å². The predicted octanol–water partition coefficient (Wildman–Crippen LogP) is 2.12. The van der Waals surface area contributed by atoms with E-state index in [0.717, 1.165) is 5.69 Å². The number of ether oxygens (including phenoxy) is 1. The highest BCUT2D eigenvalue weighted by atomic mass is 16.5. The molecule has 1 heterocycles. The topological polar surface area (TPSA) is 34.4 Å². The third-order valence-corrected chi connectivity index (χ3v) is 3.77. The molecule has 0 bridgehead atoms. The maximum Gasteiger partial charge on any atom is 0.102 e. The van der Waals surface area contributed by atoms with E-state index < -0.39 is 6.10 Å². The summed E-state index contributed by atoms with van der Waals surface area (Å²) >= 11 is 0. The van der Waals surface area contributed by atoms with Gasteiger partial charge in [-0.15, -0.1) is 0 Å². The van der Waals surface area contributed by atoms with Gasteiger partial charge in [0.25, 0.3) is 0 Å². The number of hydrogen-bond donors (Lipinski definition) is 1. The summed E-state index contributed by atoms with van der Waals surface area (Å²) in [5, 5.41) is 11.4. The van der Waals surface area contributed by atoms with Gasteiger partial charge in [-0.2, -0.15) is 0 Å². The number of hydrogen-bond acceptors (Lipinski definition) is 2. The summed E-state index contributed by atoms with van der Waals surface area (Å²) in [6.45, 7) is 0. The first-order valence-corrected chi connectivity index (χ1v) is 6.17. The summed E-state index contributed by atoms with van der Waals surface area (Å²) < 4.78 is 7.46. The first-order chi connectivity index (χ1) is 8.72. The first-order valence-electron chi connectivity index (χ1n) is 6.17. The summed E-state index contributed by atoms with van der Waals surface area (Å²) in [6.07, 6.45) is 3.91. The lowest BCUT2D eigenvalue weighted by Gasteiger charge is -2.16. The van der Waals surface area contributed by atoms with Crippen molar-refractivity contribution in [2.45, 2.75) is 18.6 Å². The van der Waals surface area contributed by atoms with Gasteiger partial charge in [-0.05, 0) is 17.7 Å². The molecule has 18 heavy (non-hydrogen) atoms. The van der Waals surface area contributed by atoms with Crippen LogP contribution in [0.25, 0.3) is 17.0 Å². The molecule has 2 aromatic rings. The van der Waals surface area contributed by atoms with Crippen LogP contribution < -0.4 is 0 Å². The van der Waals surface area contributed by atoms with Crippen LogP contribution in [-0.4, -0.2) is 29.0 Å². The predicted molar refractivity (Wildman–Crippen MR) is 72.5 cm³/mol. The number of para-hydroxylation sites is 1. The van der Waals surface area contributed by atoms with Gasteiger partial charge < -0.3 is 14.4 Å². The highest BCUT2D eigenvalue weighted by Crippen LogP contribution is 2.30. The molecule has 3 nitrogen and oxygen atoms in total. The molecule has 94 valence electrons. The fraction of sp³-hybridized carbons (Fsp3) is 0.333. The van der Waals surface area contributed by atoms with Crippen molar-refractivity contribution in [1.29, 1.82) is 0 Å². The van der Waals surface area contributed by atoms with Crippen molar-refractivity contribution in [2.24, 2.45) is 7.05 Å². The van der Waals surface area contributed by atoms with Crippen molar-refractivity contribution in [1.82, 2.24) is 4.57 Å². The zero-order valence-corrected chi connectivity index (χ0v) is 10.6. The number of methoxy groups -OCH3 is 1. The monoisotopic (exact) mass is 243 g/mol. The van der Waals surface area contributed by atoms with Crippen LogP contribution in [-0.2, 0) is 18.2 Å². The second kappa shape index (κ2) is 4.26. The third kappa shape index (κ3) is 1.59. The van der Waals surface area contributed by atoms with E-state index in [4.69, 9.17) is 4.74 Å². The molecule has 1 aromatic heterocycles. The average molecular weight is 243 g/mol. The molecule has 0 saturated carbocycles. The Morgan fingerprint density at radius 1 is 1.33 bits per heavy atom. The maximum atomic E-state index is 10.2. The Kier molecular flexibility index (Phi) is 2.73. The van der Waals surface area contributed by atoms with Crippen molar-refractivity contribution in [2.75, 3.05) is 7.11 Å². The molecule has 0 aliphatic heterocycles. The van der Waals surface area contributed by atoms with Gasteiger partial charge in [-0.25, -0.2) is 0 Å². The van der Waals surface area contributed by atoms with Gasteiger partial charge in [-0.3, -0.25) is 0 Å². The molecule has 0 saturated heterocycles. The van der Waals surface area contributed by atoms with E-state index in [1.807, 2.05) is 18.2 Å². The standard InChI is InChI=1S/C15H17NO2/c1-16-12-6-4-3-5-10(12)11-9-14(17)15(18-2)8-7-13(11)16/h3-8,14-15,17H,9H2,1-2H3. The lowest BCUT2D eigenvalue weighted by Crippen LogP contribution is -2.27. The van der Waals surface area contributed by atoms with Crippen LogP contribution in [0.3, 0.4) is 0 Å². The Morgan fingerprint density at radius 3 is 2.89 bits per heavy atom. The van der Waals surface area contributed by atoms with Gasteiger partial charge in [0.2, 0.25) is 0 Å². The molecular formula is C15H17NO2. The molecule has 0 radical (unpaired) electrons. The minimum atomic E-state index is -0.488. The van der Waals surface area contributed by atoms with Crippen LogP contribution in [0, 0.1) is 0 Å². The first kappa shape index (κ1) is 11.5. The van der Waals surface area contributed by atoms with E-state index in [1.165, 1.54) is 16.5 Å². The van der Waals surface area contributed by atoms with Crippen molar-refractivity contribution >= 4 is 17.0 Å². The van der Waals surface area contributed by atoms with E-state index in [9.17, 15) is 5.11 Å². The Balaban J connectivity index is 2.22. The zero-order valence-electron chi connectivity index (χ0n) is 10.6. The second-order valence-corrected chi connectivity index (χ2v) is 4.77. The summed E-state index contributed by atoms with van der Waals surface area (Å²) in [5.41, 5.74) is 3.57. The summed E-state index contributed by atoms with van der Waals surface area (Å²) in [4.78, 5) is 0. The zero-order chi connectivity index (χ0) is 12.7. The molecule has 2 atom stereocenters. The molecule has 0 fully saturated rings. The molecule has 2 unspecified atom stereocenters. The molecule has 1 aliphatic carbocycles. The Hall–Kier alpha value is -1.58. The van der Waals surface area contributed by atoms with Gasteiger partial charge in [0, 0.05) is 37.2 Å². The fourth-order valence-electron chi connectivity index (χ4n) is 2.79. The van der Waals surface area contributed by atoms with Crippen molar-refractivity contribution in [3.8, 4) is 0 Å². The van der Waals surface area contributed by atoms with Crippen LogP contribution in [0.2, 0.25) is 0 Å². The number of benzene rings is 1. The molecule has 0 spiro atoms. The van der Waals surface area contributed by atoms with E-state index >= 15 is 0 Å². The highest BCUT2D eigenvalue weighted by molar-refractivity contribution is 5.88. The van der Waals surface area contributed by atoms with Crippen LogP contribution >= 0.6 is 0 Å². The molecule has 3 heteroatoms. The molecule has 1 aliphatic rings. The average Bonchev–Trinajstić information content (AvgIpc) is 2.56. The van der Waals surface area contributed by atoms with Gasteiger partial charge in [-0.1, -0.05) is 24.3 Å². The van der Waals surface area contributed by atoms with Crippen LogP contribution in [0.4, 0.5) is 0 Å². The van der Waals surface area contributed by atoms with E-state index in [2.05, 4.69) is 29.8 Å². The second-order valence-electron chi connectivity index (χ2n) is 4.77. The normalized spacial score (nSPS) is 23.1. The number of aliphatic hydroxyl groups excluding tert-OH is 1. The minimum Gasteiger partial charge on any atom is -0.390 e. The van der Waals surface area contributed by atoms with Crippen LogP contribution in [0.5, 0.6) is 0 Å². The number of nitrogens with zero attached hydrogens (tertiary/aromatic N) is 1. The summed E-state index contributed by atoms with van der Waals surface area (Å²) in [5.74, 6) is 0. The number of rotatable bonds is 1. The fourth-order valence-corrected chi connectivity index (χ4v) is 2.79. The smallest absolute Gasteiger partial charge is 0.102 e. The third-order valence-electron chi connectivity index (χ3n) is 3.77. The SMILES string of the molecule is COC1C=Cc2c(c3ccccc3n2C)CC1O. The van der Waals surface area contributed by atoms with Crippen molar-refractivity contribution in [3.63, 3.8) is 0 Å². The Morgan fingerprint density at radius 2 is 2.11 bits per heavy atom. The van der Waals surface area contributed by atoms with E-state index in [0.29, 0.717) is 6.42 Å². The number of aryl methyl sites for hydroxylation is 1. The Labute approximate surface area is 106 Å². The van der Waals surface area contributed by atoms with Crippen LogP contribution in [0.15, 0.2) is 30.3 Å². The van der Waals surface area contributed by atoms with Crippen LogP contribution in [0.1, 0.15) is 11.3 Å².